The summed E-state index contributed by atoms with van der Waals surface area (Å²) < 4.78 is 12.1. The lowest BCUT2D eigenvalue weighted by molar-refractivity contribution is 0.0977. The molecule has 0 bridgehead atoms. The van der Waals surface area contributed by atoms with Crippen LogP contribution in [0.25, 0.3) is 16.8 Å². The molecule has 7 nitrogen and oxygen atoms in total. The first-order valence-electron chi connectivity index (χ1n) is 10.5. The van der Waals surface area contributed by atoms with E-state index in [1.807, 2.05) is 44.2 Å². The molecule has 0 unspecified atom stereocenters. The molecule has 4 rings (SSSR count). The van der Waals surface area contributed by atoms with E-state index in [2.05, 4.69) is 10.1 Å². The Hall–Kier alpha value is -3.58. The van der Waals surface area contributed by atoms with E-state index < -0.39 is 0 Å². The fourth-order valence-electron chi connectivity index (χ4n) is 3.76. The molecule has 2 aromatic carbocycles. The minimum Gasteiger partial charge on any atom is -0.493 e. The number of Topliss-reactive ketones (excluding diaryl/α,β-unsaturated/α-hetero) is 1. The molecule has 2 heterocycles. The van der Waals surface area contributed by atoms with Crippen LogP contribution in [-0.2, 0) is 6.42 Å². The predicted molar refractivity (Wildman–Crippen MR) is 128 cm³/mol. The number of hydrogen-bond donors (Lipinski definition) is 1. The van der Waals surface area contributed by atoms with Crippen LogP contribution >= 0.6 is 11.6 Å². The van der Waals surface area contributed by atoms with E-state index in [1.165, 1.54) is 10.6 Å². The molecule has 0 aliphatic carbocycles. The summed E-state index contributed by atoms with van der Waals surface area (Å²) in [5, 5.41) is 5.05. The molecule has 0 radical (unpaired) electrons. The number of nitrogens with one attached hydrogen (secondary N) is 1. The molecule has 2 aromatic heterocycles. The SMILES string of the molecule is COc1ccc(CCC(=O)c2cc3c(=O)[nH]c(-c4ccc(C)c(Cl)c4)c(C)n3n2)cc1OC. The average Bonchev–Trinajstić information content (AvgIpc) is 3.28. The van der Waals surface area contributed by atoms with Crippen molar-refractivity contribution in [1.29, 1.82) is 0 Å². The third-order valence-corrected chi connectivity index (χ3v) is 6.10. The maximum atomic E-state index is 12.9. The van der Waals surface area contributed by atoms with Gasteiger partial charge in [0.2, 0.25) is 0 Å². The number of benzene rings is 2. The number of halogens is 1. The molecule has 1 N–H and O–H groups in total. The van der Waals surface area contributed by atoms with Crippen molar-refractivity contribution in [2.75, 3.05) is 14.2 Å². The van der Waals surface area contributed by atoms with E-state index >= 15 is 0 Å². The molecule has 170 valence electrons. The van der Waals surface area contributed by atoms with E-state index in [1.54, 1.807) is 20.3 Å². The first-order chi connectivity index (χ1) is 15.8. The number of aryl methyl sites for hydroxylation is 3. The number of methoxy groups -OCH3 is 2. The molecule has 33 heavy (non-hydrogen) atoms. The molecular weight excluding hydrogens is 442 g/mol. The topological polar surface area (TPSA) is 85.7 Å². The van der Waals surface area contributed by atoms with Crippen LogP contribution in [-0.4, -0.2) is 34.6 Å². The zero-order valence-corrected chi connectivity index (χ0v) is 19.6. The minimum absolute atomic E-state index is 0.146. The van der Waals surface area contributed by atoms with Crippen LogP contribution in [0, 0.1) is 13.8 Å². The second kappa shape index (κ2) is 9.11. The number of carbonyl (C=O) groups excluding carboxylic acids is 1. The van der Waals surface area contributed by atoms with E-state index in [9.17, 15) is 9.59 Å². The fourth-order valence-corrected chi connectivity index (χ4v) is 3.94. The quantitative estimate of drug-likeness (QED) is 0.396. The second-order valence-corrected chi connectivity index (χ2v) is 8.22. The summed E-state index contributed by atoms with van der Waals surface area (Å²) >= 11 is 6.27. The van der Waals surface area contributed by atoms with Crippen molar-refractivity contribution in [2.45, 2.75) is 26.7 Å². The van der Waals surface area contributed by atoms with E-state index in [-0.39, 0.29) is 23.5 Å². The second-order valence-electron chi connectivity index (χ2n) is 7.82. The van der Waals surface area contributed by atoms with Crippen molar-refractivity contribution in [1.82, 2.24) is 14.6 Å². The van der Waals surface area contributed by atoms with Gasteiger partial charge in [0.15, 0.2) is 17.3 Å². The highest BCUT2D eigenvalue weighted by molar-refractivity contribution is 6.31. The maximum Gasteiger partial charge on any atom is 0.274 e. The number of aromatic nitrogens is 3. The highest BCUT2D eigenvalue weighted by atomic mass is 35.5. The van der Waals surface area contributed by atoms with Gasteiger partial charge in [-0.3, -0.25) is 9.59 Å². The summed E-state index contributed by atoms with van der Waals surface area (Å²) in [4.78, 5) is 28.5. The van der Waals surface area contributed by atoms with Gasteiger partial charge in [-0.05, 0) is 49.6 Å². The Morgan fingerprint density at radius 3 is 2.52 bits per heavy atom. The maximum absolute atomic E-state index is 12.9. The normalized spacial score (nSPS) is 11.1. The molecule has 0 saturated carbocycles. The number of nitrogens with zero attached hydrogens (tertiary/aromatic N) is 2. The molecule has 8 heteroatoms. The van der Waals surface area contributed by atoms with Gasteiger partial charge in [0.25, 0.3) is 5.56 Å². The number of H-pyrrole nitrogens is 1. The predicted octanol–water partition coefficient (Wildman–Crippen LogP) is 4.79. The number of aromatic amines is 1. The summed E-state index contributed by atoms with van der Waals surface area (Å²) in [6.45, 7) is 3.76. The molecule has 0 aliphatic rings. The average molecular weight is 466 g/mol. The standard InChI is InChI=1S/C25H24ClN3O4/c1-14-5-8-17(12-18(14)26)24-15(2)29-20(25(31)27-24)13-19(28-29)21(30)9-6-16-7-10-22(32-3)23(11-16)33-4/h5,7-8,10-13H,6,9H2,1-4H3,(H,27,31). The Morgan fingerprint density at radius 2 is 1.82 bits per heavy atom. The highest BCUT2D eigenvalue weighted by Gasteiger charge is 2.17. The van der Waals surface area contributed by atoms with Gasteiger partial charge in [-0.25, -0.2) is 4.52 Å². The van der Waals surface area contributed by atoms with Gasteiger partial charge in [0, 0.05) is 23.1 Å². The van der Waals surface area contributed by atoms with Crippen LogP contribution in [0.2, 0.25) is 5.02 Å². The van der Waals surface area contributed by atoms with Gasteiger partial charge in [-0.15, -0.1) is 0 Å². The molecule has 0 spiro atoms. The number of ether oxygens (including phenoxy) is 2. The van der Waals surface area contributed by atoms with Crippen LogP contribution in [0.4, 0.5) is 0 Å². The van der Waals surface area contributed by atoms with Crippen molar-refractivity contribution in [2.24, 2.45) is 0 Å². The van der Waals surface area contributed by atoms with Gasteiger partial charge in [0.05, 0.1) is 25.6 Å². The lowest BCUT2D eigenvalue weighted by Gasteiger charge is -2.09. The lowest BCUT2D eigenvalue weighted by Crippen LogP contribution is -2.14. The van der Waals surface area contributed by atoms with E-state index in [0.717, 1.165) is 16.7 Å². The number of rotatable bonds is 7. The summed E-state index contributed by atoms with van der Waals surface area (Å²) in [7, 11) is 3.15. The van der Waals surface area contributed by atoms with Crippen LogP contribution in [0.15, 0.2) is 47.3 Å². The lowest BCUT2D eigenvalue weighted by atomic mass is 10.1. The van der Waals surface area contributed by atoms with E-state index in [4.69, 9.17) is 21.1 Å². The van der Waals surface area contributed by atoms with Crippen molar-refractivity contribution in [3.8, 4) is 22.8 Å². The zero-order chi connectivity index (χ0) is 23.7. The number of carbonyl (C=O) groups is 1. The van der Waals surface area contributed by atoms with Gasteiger partial charge in [0.1, 0.15) is 11.2 Å². The minimum atomic E-state index is -0.321. The Kier molecular flexibility index (Phi) is 6.24. The van der Waals surface area contributed by atoms with Crippen LogP contribution < -0.4 is 15.0 Å². The molecule has 4 aromatic rings. The van der Waals surface area contributed by atoms with E-state index in [0.29, 0.717) is 39.8 Å². The summed E-state index contributed by atoms with van der Waals surface area (Å²) in [5.41, 5.74) is 4.25. The summed E-state index contributed by atoms with van der Waals surface area (Å²) in [6.07, 6.45) is 0.756. The summed E-state index contributed by atoms with van der Waals surface area (Å²) in [6, 6.07) is 12.7. The Balaban J connectivity index is 1.62. The van der Waals surface area contributed by atoms with Crippen molar-refractivity contribution >= 4 is 22.9 Å². The highest BCUT2D eigenvalue weighted by Crippen LogP contribution is 2.28. The van der Waals surface area contributed by atoms with Crippen molar-refractivity contribution < 1.29 is 14.3 Å². The van der Waals surface area contributed by atoms with Crippen molar-refractivity contribution in [3.63, 3.8) is 0 Å². The third kappa shape index (κ3) is 4.36. The molecule has 0 aliphatic heterocycles. The van der Waals surface area contributed by atoms with Crippen LogP contribution in [0.1, 0.15) is 33.7 Å². The number of hydrogen-bond acceptors (Lipinski definition) is 5. The van der Waals surface area contributed by atoms with Crippen LogP contribution in [0.5, 0.6) is 11.5 Å². The molecular formula is C25H24ClN3O4. The van der Waals surface area contributed by atoms with Crippen LogP contribution in [0.3, 0.4) is 0 Å². The molecule has 0 fully saturated rings. The summed E-state index contributed by atoms with van der Waals surface area (Å²) in [5.74, 6) is 1.10. The Morgan fingerprint density at radius 1 is 1.06 bits per heavy atom. The smallest absolute Gasteiger partial charge is 0.274 e. The van der Waals surface area contributed by atoms with Gasteiger partial charge in [-0.2, -0.15) is 5.10 Å². The molecule has 0 amide bonds. The van der Waals surface area contributed by atoms with Gasteiger partial charge >= 0.3 is 0 Å². The number of fused-ring (bicyclic) bond motifs is 1. The van der Waals surface area contributed by atoms with Crippen molar-refractivity contribution in [3.05, 3.63) is 80.4 Å². The monoisotopic (exact) mass is 465 g/mol. The molecule has 0 atom stereocenters. The fraction of sp³-hybridized carbons (Fsp3) is 0.240. The largest absolute Gasteiger partial charge is 0.493 e. The zero-order valence-electron chi connectivity index (χ0n) is 18.9. The first-order valence-corrected chi connectivity index (χ1v) is 10.8. The number of ketones is 1. The van der Waals surface area contributed by atoms with Gasteiger partial charge < -0.3 is 14.5 Å². The molecule has 0 saturated heterocycles. The first kappa shape index (κ1) is 22.6. The Labute approximate surface area is 195 Å². The third-order valence-electron chi connectivity index (χ3n) is 5.69. The Bertz CT molecular complexity index is 1420. The van der Waals surface area contributed by atoms with Gasteiger partial charge in [-0.1, -0.05) is 29.8 Å².